The molecule has 10 heteroatoms. The molecule has 1 fully saturated rings. The largest absolute Gasteiger partial charge is 0.457 e. The Labute approximate surface area is 107 Å². The number of esters is 1. The summed E-state index contributed by atoms with van der Waals surface area (Å²) in [5.74, 6) is 0.744. The highest BCUT2D eigenvalue weighted by Gasteiger charge is 2.45. The quantitative estimate of drug-likeness (QED) is 0.568. The Hall–Kier alpha value is -0.450. The number of alkyl halides is 2. The van der Waals surface area contributed by atoms with Crippen molar-refractivity contribution in [1.82, 2.24) is 4.90 Å². The van der Waals surface area contributed by atoms with Crippen molar-refractivity contribution >= 4 is 27.8 Å². The van der Waals surface area contributed by atoms with Gasteiger partial charge in [0.1, 0.15) is 0 Å². The van der Waals surface area contributed by atoms with Crippen molar-refractivity contribution in [2.24, 2.45) is 0 Å². The summed E-state index contributed by atoms with van der Waals surface area (Å²) in [4.78, 5) is 12.9. The molecule has 1 heterocycles. The molecule has 1 N–H and O–H groups in total. The summed E-state index contributed by atoms with van der Waals surface area (Å²) in [7, 11) is -5.56. The molecular formula is C8H13F2NO5S2. The van der Waals surface area contributed by atoms with Crippen molar-refractivity contribution in [3.05, 3.63) is 0 Å². The van der Waals surface area contributed by atoms with E-state index in [1.54, 1.807) is 16.7 Å². The van der Waals surface area contributed by atoms with E-state index in [9.17, 15) is 22.0 Å². The Bertz CT molecular complexity index is 394. The Kier molecular flexibility index (Phi) is 5.32. The monoisotopic (exact) mass is 305 g/mol. The lowest BCUT2D eigenvalue weighted by atomic mass is 10.4. The summed E-state index contributed by atoms with van der Waals surface area (Å²) in [5, 5.41) is -4.47. The van der Waals surface area contributed by atoms with E-state index in [4.69, 9.17) is 4.55 Å². The summed E-state index contributed by atoms with van der Waals surface area (Å²) >= 11 is 1.72. The lowest BCUT2D eigenvalue weighted by molar-refractivity contribution is -0.150. The first-order valence-electron chi connectivity index (χ1n) is 5.03. The molecule has 0 aromatic carbocycles. The summed E-state index contributed by atoms with van der Waals surface area (Å²) < 4.78 is 58.3. The number of halogens is 2. The number of ether oxygens (including phenoxy) is 1. The molecule has 0 saturated carbocycles. The van der Waals surface area contributed by atoms with E-state index >= 15 is 0 Å². The number of rotatable bonds is 5. The SMILES string of the molecule is O=C(CN1CCSCC1)OCC(F)(F)S(=O)(=O)O. The van der Waals surface area contributed by atoms with E-state index in [0.29, 0.717) is 13.1 Å². The fourth-order valence-electron chi connectivity index (χ4n) is 1.23. The average molecular weight is 305 g/mol. The van der Waals surface area contributed by atoms with Crippen molar-refractivity contribution in [2.75, 3.05) is 37.7 Å². The standard InChI is InChI=1S/C8H13F2NO5S2/c9-8(10,18(13,14)15)6-16-7(12)5-11-1-3-17-4-2-11/h1-6H2,(H,13,14,15). The van der Waals surface area contributed by atoms with Crippen LogP contribution in [0, 0.1) is 0 Å². The lowest BCUT2D eigenvalue weighted by Crippen LogP contribution is -2.40. The van der Waals surface area contributed by atoms with Gasteiger partial charge in [-0.25, -0.2) is 0 Å². The molecule has 0 aromatic rings. The first-order valence-corrected chi connectivity index (χ1v) is 7.62. The van der Waals surface area contributed by atoms with Crippen molar-refractivity contribution in [2.45, 2.75) is 5.25 Å². The molecule has 0 aromatic heterocycles. The molecule has 0 spiro atoms. The van der Waals surface area contributed by atoms with Crippen molar-refractivity contribution in [1.29, 1.82) is 0 Å². The molecule has 0 atom stereocenters. The fourth-order valence-corrected chi connectivity index (χ4v) is 2.41. The van der Waals surface area contributed by atoms with Gasteiger partial charge in [0.2, 0.25) is 0 Å². The molecule has 0 radical (unpaired) electrons. The Morgan fingerprint density at radius 3 is 2.44 bits per heavy atom. The first kappa shape index (κ1) is 15.6. The van der Waals surface area contributed by atoms with E-state index < -0.39 is 27.9 Å². The van der Waals surface area contributed by atoms with Crippen LogP contribution in [0.15, 0.2) is 0 Å². The molecule has 0 aliphatic carbocycles. The second-order valence-corrected chi connectivity index (χ2v) is 6.43. The Balaban J connectivity index is 2.37. The van der Waals surface area contributed by atoms with Crippen LogP contribution in [0.3, 0.4) is 0 Å². The molecule has 6 nitrogen and oxygen atoms in total. The second kappa shape index (κ2) is 6.13. The third kappa shape index (κ3) is 4.67. The molecule has 0 bridgehead atoms. The van der Waals surface area contributed by atoms with Crippen molar-refractivity contribution in [3.8, 4) is 0 Å². The predicted octanol–water partition coefficient (Wildman–Crippen LogP) is 0.0590. The molecule has 18 heavy (non-hydrogen) atoms. The van der Waals surface area contributed by atoms with Gasteiger partial charge in [0.15, 0.2) is 6.61 Å². The summed E-state index contributed by atoms with van der Waals surface area (Å²) in [6, 6.07) is 0. The lowest BCUT2D eigenvalue weighted by Gasteiger charge is -2.25. The van der Waals surface area contributed by atoms with Gasteiger partial charge in [0.25, 0.3) is 0 Å². The molecular weight excluding hydrogens is 292 g/mol. The predicted molar refractivity (Wildman–Crippen MR) is 61.2 cm³/mol. The molecule has 1 aliphatic heterocycles. The zero-order chi connectivity index (χ0) is 13.8. The Morgan fingerprint density at radius 2 is 1.94 bits per heavy atom. The van der Waals surface area contributed by atoms with Crippen LogP contribution in [0.5, 0.6) is 0 Å². The summed E-state index contributed by atoms with van der Waals surface area (Å²) in [5.41, 5.74) is 0. The van der Waals surface area contributed by atoms with Crippen LogP contribution in [0.1, 0.15) is 0 Å². The normalized spacial score (nSPS) is 18.6. The van der Waals surface area contributed by atoms with Gasteiger partial charge in [-0.3, -0.25) is 14.2 Å². The third-order valence-corrected chi connectivity index (χ3v) is 4.05. The highest BCUT2D eigenvalue weighted by atomic mass is 32.2. The van der Waals surface area contributed by atoms with Crippen molar-refractivity contribution < 1.29 is 31.3 Å². The number of hydrogen-bond acceptors (Lipinski definition) is 6. The maximum absolute atomic E-state index is 12.7. The number of thioether (sulfide) groups is 1. The van der Waals surface area contributed by atoms with Gasteiger partial charge in [0.05, 0.1) is 6.54 Å². The van der Waals surface area contributed by atoms with E-state index in [0.717, 1.165) is 11.5 Å². The van der Waals surface area contributed by atoms with Gasteiger partial charge in [-0.05, 0) is 0 Å². The zero-order valence-electron chi connectivity index (χ0n) is 9.34. The first-order chi connectivity index (χ1) is 8.22. The Morgan fingerprint density at radius 1 is 1.39 bits per heavy atom. The zero-order valence-corrected chi connectivity index (χ0v) is 11.0. The van der Waals surface area contributed by atoms with Gasteiger partial charge in [0, 0.05) is 24.6 Å². The van der Waals surface area contributed by atoms with E-state index in [2.05, 4.69) is 4.74 Å². The van der Waals surface area contributed by atoms with Crippen LogP contribution < -0.4 is 0 Å². The highest BCUT2D eigenvalue weighted by Crippen LogP contribution is 2.20. The van der Waals surface area contributed by atoms with E-state index in [1.807, 2.05) is 0 Å². The van der Waals surface area contributed by atoms with Crippen LogP contribution in [0.4, 0.5) is 8.78 Å². The minimum Gasteiger partial charge on any atom is -0.457 e. The van der Waals surface area contributed by atoms with Gasteiger partial charge in [-0.2, -0.15) is 29.0 Å². The van der Waals surface area contributed by atoms with Crippen LogP contribution >= 0.6 is 11.8 Å². The van der Waals surface area contributed by atoms with Crippen molar-refractivity contribution in [3.63, 3.8) is 0 Å². The topological polar surface area (TPSA) is 83.9 Å². The fraction of sp³-hybridized carbons (Fsp3) is 0.875. The van der Waals surface area contributed by atoms with Crippen LogP contribution in [0.25, 0.3) is 0 Å². The van der Waals surface area contributed by atoms with Gasteiger partial charge in [-0.15, -0.1) is 0 Å². The van der Waals surface area contributed by atoms with Gasteiger partial charge in [-0.1, -0.05) is 0 Å². The molecule has 1 rings (SSSR count). The third-order valence-electron chi connectivity index (χ3n) is 2.23. The summed E-state index contributed by atoms with van der Waals surface area (Å²) in [6.45, 7) is -0.543. The minimum atomic E-state index is -5.56. The number of carbonyl (C=O) groups is 1. The second-order valence-electron chi connectivity index (χ2n) is 3.66. The summed E-state index contributed by atoms with van der Waals surface area (Å²) in [6.07, 6.45) is 0. The van der Waals surface area contributed by atoms with Gasteiger partial charge < -0.3 is 4.74 Å². The minimum absolute atomic E-state index is 0.165. The maximum atomic E-state index is 12.7. The van der Waals surface area contributed by atoms with Crippen LogP contribution in [-0.2, 0) is 19.6 Å². The number of carbonyl (C=O) groups excluding carboxylic acids is 1. The molecule has 1 saturated heterocycles. The molecule has 0 unspecified atom stereocenters. The smallest absolute Gasteiger partial charge is 0.402 e. The molecule has 0 amide bonds. The van der Waals surface area contributed by atoms with E-state index in [-0.39, 0.29) is 6.54 Å². The maximum Gasteiger partial charge on any atom is 0.402 e. The van der Waals surface area contributed by atoms with E-state index in [1.165, 1.54) is 0 Å². The van der Waals surface area contributed by atoms with Crippen LogP contribution in [-0.4, -0.2) is 66.8 Å². The number of nitrogens with zero attached hydrogens (tertiary/aromatic N) is 1. The number of hydrogen-bond donors (Lipinski definition) is 1. The molecule has 1 aliphatic rings. The highest BCUT2D eigenvalue weighted by molar-refractivity contribution is 7.99. The molecule has 106 valence electrons. The average Bonchev–Trinajstić information content (AvgIpc) is 2.26. The van der Waals surface area contributed by atoms with Gasteiger partial charge >= 0.3 is 21.3 Å². The van der Waals surface area contributed by atoms with Crippen LogP contribution in [0.2, 0.25) is 0 Å².